The lowest BCUT2D eigenvalue weighted by Crippen LogP contribution is -2.21. The largest absolute Gasteiger partial charge is 0.276 e. The van der Waals surface area contributed by atoms with Crippen LogP contribution in [0.4, 0.5) is 0 Å². The molecular formula is C14H12ClN5O2S. The number of azide groups is 1. The van der Waals surface area contributed by atoms with E-state index in [1.165, 1.54) is 12.1 Å². The summed E-state index contributed by atoms with van der Waals surface area (Å²) in [6, 6.07) is 14.4. The molecule has 0 heterocycles. The lowest BCUT2D eigenvalue weighted by atomic mass is 10.1. The number of nitrogens with one attached hydrogen (secondary N) is 1. The Morgan fingerprint density at radius 1 is 1.13 bits per heavy atom. The second kappa shape index (κ2) is 7.64. The van der Waals surface area contributed by atoms with Crippen LogP contribution in [-0.2, 0) is 10.0 Å². The number of hydrogen-bond donors (Lipinski definition) is 1. The second-order valence-corrected chi connectivity index (χ2v) is 6.46. The average Bonchev–Trinajstić information content (AvgIpc) is 2.57. The summed E-state index contributed by atoms with van der Waals surface area (Å²) in [6.45, 7) is -0.102. The van der Waals surface area contributed by atoms with E-state index < -0.39 is 10.0 Å². The first-order valence-electron chi connectivity index (χ1n) is 6.43. The molecule has 1 N–H and O–H groups in total. The topological polar surface area (TPSA) is 107 Å². The molecule has 118 valence electrons. The highest BCUT2D eigenvalue weighted by molar-refractivity contribution is 7.89. The van der Waals surface area contributed by atoms with Crippen molar-refractivity contribution in [2.45, 2.75) is 4.90 Å². The van der Waals surface area contributed by atoms with Crippen molar-refractivity contribution < 1.29 is 8.42 Å². The molecule has 0 unspecified atom stereocenters. The third-order valence-electron chi connectivity index (χ3n) is 2.82. The highest BCUT2D eigenvalue weighted by Crippen LogP contribution is 2.12. The van der Waals surface area contributed by atoms with Gasteiger partial charge in [0.25, 0.3) is 10.0 Å². The van der Waals surface area contributed by atoms with Gasteiger partial charge < -0.3 is 0 Å². The first kappa shape index (κ1) is 16.8. The van der Waals surface area contributed by atoms with Crippen LogP contribution in [0.2, 0.25) is 5.02 Å². The van der Waals surface area contributed by atoms with E-state index >= 15 is 0 Å². The Morgan fingerprint density at radius 3 is 2.39 bits per heavy atom. The van der Waals surface area contributed by atoms with E-state index in [0.29, 0.717) is 10.6 Å². The van der Waals surface area contributed by atoms with Crippen LogP contribution in [0.1, 0.15) is 5.56 Å². The van der Waals surface area contributed by atoms with E-state index in [4.69, 9.17) is 17.1 Å². The maximum atomic E-state index is 12.2. The fourth-order valence-electron chi connectivity index (χ4n) is 1.70. The molecule has 2 rings (SSSR count). The minimum Gasteiger partial charge on any atom is -0.200 e. The van der Waals surface area contributed by atoms with E-state index in [2.05, 4.69) is 20.0 Å². The van der Waals surface area contributed by atoms with Crippen molar-refractivity contribution >= 4 is 27.3 Å². The van der Waals surface area contributed by atoms with Crippen molar-refractivity contribution in [3.63, 3.8) is 0 Å². The van der Waals surface area contributed by atoms with Gasteiger partial charge in [-0.05, 0) is 35.4 Å². The van der Waals surface area contributed by atoms with Crippen LogP contribution in [0, 0.1) is 0 Å². The molecule has 0 amide bonds. The third kappa shape index (κ3) is 4.72. The number of sulfonamides is 1. The molecule has 0 aliphatic carbocycles. The monoisotopic (exact) mass is 349 g/mol. The quantitative estimate of drug-likeness (QED) is 0.284. The van der Waals surface area contributed by atoms with Crippen molar-refractivity contribution in [1.82, 2.24) is 4.83 Å². The lowest BCUT2D eigenvalue weighted by molar-refractivity contribution is 0.584. The molecule has 0 bridgehead atoms. The van der Waals surface area contributed by atoms with Crippen molar-refractivity contribution in [2.24, 2.45) is 10.2 Å². The molecule has 0 aliphatic heterocycles. The van der Waals surface area contributed by atoms with Gasteiger partial charge in [0.2, 0.25) is 0 Å². The molecule has 7 nitrogen and oxygen atoms in total. The first-order chi connectivity index (χ1) is 11.0. The molecule has 0 fully saturated rings. The Hall–Kier alpha value is -2.54. The van der Waals surface area contributed by atoms with E-state index in [1.807, 2.05) is 0 Å². The predicted molar refractivity (Wildman–Crippen MR) is 88.8 cm³/mol. The zero-order valence-corrected chi connectivity index (χ0v) is 13.4. The summed E-state index contributed by atoms with van der Waals surface area (Å²) >= 11 is 5.82. The molecule has 0 saturated heterocycles. The normalized spacial score (nSPS) is 11.6. The van der Waals surface area contributed by atoms with Crippen molar-refractivity contribution in [3.8, 4) is 0 Å². The summed E-state index contributed by atoms with van der Waals surface area (Å²) in [6.07, 6.45) is 0. The molecule has 0 radical (unpaired) electrons. The van der Waals surface area contributed by atoms with Gasteiger partial charge in [0.05, 0.1) is 17.2 Å². The Kier molecular flexibility index (Phi) is 5.59. The maximum absolute atomic E-state index is 12.2. The zero-order valence-electron chi connectivity index (χ0n) is 11.8. The van der Waals surface area contributed by atoms with E-state index in [0.717, 1.165) is 0 Å². The van der Waals surface area contributed by atoms with E-state index in [9.17, 15) is 8.42 Å². The van der Waals surface area contributed by atoms with Crippen LogP contribution < -0.4 is 4.83 Å². The number of nitrogens with zero attached hydrogens (tertiary/aromatic N) is 4. The Bertz CT molecular complexity index is 844. The zero-order chi connectivity index (χ0) is 16.7. The number of halogens is 1. The van der Waals surface area contributed by atoms with Crippen LogP contribution in [-0.4, -0.2) is 20.7 Å². The number of hydrazone groups is 1. The molecule has 0 atom stereocenters. The van der Waals surface area contributed by atoms with Crippen molar-refractivity contribution in [2.75, 3.05) is 6.54 Å². The van der Waals surface area contributed by atoms with Crippen molar-refractivity contribution in [1.29, 1.82) is 0 Å². The highest BCUT2D eigenvalue weighted by Gasteiger charge is 2.13. The van der Waals surface area contributed by atoms with Gasteiger partial charge in [-0.15, -0.1) is 0 Å². The van der Waals surface area contributed by atoms with Crippen LogP contribution in [0.25, 0.3) is 10.4 Å². The molecular weight excluding hydrogens is 338 g/mol. The second-order valence-electron chi connectivity index (χ2n) is 4.36. The standard InChI is InChI=1S/C14H12ClN5O2S/c15-12-8-6-11(7-9-12)14(10-17-19-16)18-20-23(21,22)13-4-2-1-3-5-13/h1-9,20H,10H2/b18-14+. The molecule has 0 saturated carbocycles. The molecule has 0 aromatic heterocycles. The molecule has 23 heavy (non-hydrogen) atoms. The van der Waals surface area contributed by atoms with Gasteiger partial charge in [-0.2, -0.15) is 18.4 Å². The van der Waals surface area contributed by atoms with Gasteiger partial charge in [-0.3, -0.25) is 0 Å². The summed E-state index contributed by atoms with van der Waals surface area (Å²) in [5, 5.41) is 7.84. The Balaban J connectivity index is 2.30. The van der Waals surface area contributed by atoms with Crippen molar-refractivity contribution in [3.05, 3.63) is 75.6 Å². The minimum atomic E-state index is -3.79. The van der Waals surface area contributed by atoms with Gasteiger partial charge in [0, 0.05) is 9.93 Å². The molecule has 0 aliphatic rings. The van der Waals surface area contributed by atoms with Gasteiger partial charge in [-0.25, -0.2) is 0 Å². The average molecular weight is 350 g/mol. The first-order valence-corrected chi connectivity index (χ1v) is 8.29. The van der Waals surface area contributed by atoms with Crippen LogP contribution in [0.3, 0.4) is 0 Å². The van der Waals surface area contributed by atoms with E-state index in [-0.39, 0.29) is 17.2 Å². The Labute approximate surface area is 138 Å². The highest BCUT2D eigenvalue weighted by atomic mass is 35.5. The maximum Gasteiger partial charge on any atom is 0.276 e. The number of hydrogen-bond acceptors (Lipinski definition) is 4. The molecule has 2 aromatic carbocycles. The van der Waals surface area contributed by atoms with Gasteiger partial charge in [-0.1, -0.05) is 47.0 Å². The van der Waals surface area contributed by atoms with Crippen LogP contribution in [0.15, 0.2) is 69.7 Å². The van der Waals surface area contributed by atoms with Crippen LogP contribution in [0.5, 0.6) is 0 Å². The van der Waals surface area contributed by atoms with Gasteiger partial charge in [0.15, 0.2) is 0 Å². The fourth-order valence-corrected chi connectivity index (χ4v) is 2.68. The third-order valence-corrected chi connectivity index (χ3v) is 4.29. The SMILES string of the molecule is [N-]=[N+]=NC/C(=N\NS(=O)(=O)c1ccccc1)c1ccc(Cl)cc1. The fraction of sp³-hybridized carbons (Fsp3) is 0.0714. The van der Waals surface area contributed by atoms with E-state index in [1.54, 1.807) is 42.5 Å². The summed E-state index contributed by atoms with van der Waals surface area (Å²) in [5.74, 6) is 0. The minimum absolute atomic E-state index is 0.0861. The molecule has 9 heteroatoms. The molecule has 0 spiro atoms. The van der Waals surface area contributed by atoms with Gasteiger partial charge in [0.1, 0.15) is 0 Å². The summed E-state index contributed by atoms with van der Waals surface area (Å²) in [5.41, 5.74) is 9.33. The summed E-state index contributed by atoms with van der Waals surface area (Å²) in [7, 11) is -3.79. The number of benzene rings is 2. The number of rotatable bonds is 6. The summed E-state index contributed by atoms with van der Waals surface area (Å²) < 4.78 is 24.3. The molecule has 2 aromatic rings. The van der Waals surface area contributed by atoms with Gasteiger partial charge >= 0.3 is 0 Å². The smallest absolute Gasteiger partial charge is 0.200 e. The lowest BCUT2D eigenvalue weighted by Gasteiger charge is -2.07. The Morgan fingerprint density at radius 2 is 1.78 bits per heavy atom. The summed E-state index contributed by atoms with van der Waals surface area (Å²) in [4.78, 5) is 4.89. The van der Waals surface area contributed by atoms with Crippen LogP contribution >= 0.6 is 11.6 Å². The predicted octanol–water partition coefficient (Wildman–Crippen LogP) is 3.33.